The molecule has 1 saturated carbocycles. The van der Waals surface area contributed by atoms with E-state index in [-0.39, 0.29) is 6.61 Å². The Morgan fingerprint density at radius 3 is 2.65 bits per heavy atom. The second kappa shape index (κ2) is 4.94. The van der Waals surface area contributed by atoms with Crippen LogP contribution in [0, 0.1) is 19.8 Å². The van der Waals surface area contributed by atoms with Gasteiger partial charge in [-0.2, -0.15) is 4.68 Å². The average molecular weight is 273 g/mol. The van der Waals surface area contributed by atoms with Gasteiger partial charge in [0.05, 0.1) is 0 Å². The maximum absolute atomic E-state index is 9.23. The molecular weight excluding hydrogens is 254 g/mol. The molecule has 0 aromatic carbocycles. The van der Waals surface area contributed by atoms with Crippen molar-refractivity contribution in [2.24, 2.45) is 5.92 Å². The van der Waals surface area contributed by atoms with Crippen LogP contribution < -0.4 is 0 Å². The van der Waals surface area contributed by atoms with E-state index < -0.39 is 0 Å². The Labute approximate surface area is 117 Å². The predicted octanol–water partition coefficient (Wildman–Crippen LogP) is 1.33. The maximum Gasteiger partial charge on any atom is 0.159 e. The molecule has 1 aliphatic carbocycles. The van der Waals surface area contributed by atoms with Gasteiger partial charge in [-0.1, -0.05) is 6.92 Å². The molecule has 1 fully saturated rings. The summed E-state index contributed by atoms with van der Waals surface area (Å²) >= 11 is 0. The van der Waals surface area contributed by atoms with Crippen molar-refractivity contribution < 1.29 is 5.11 Å². The van der Waals surface area contributed by atoms with Crippen molar-refractivity contribution >= 4 is 0 Å². The Hall–Kier alpha value is -1.82. The van der Waals surface area contributed by atoms with Gasteiger partial charge in [0.2, 0.25) is 0 Å². The summed E-state index contributed by atoms with van der Waals surface area (Å²) in [5.41, 5.74) is 1.01. The van der Waals surface area contributed by atoms with Crippen molar-refractivity contribution in [1.82, 2.24) is 24.7 Å². The van der Waals surface area contributed by atoms with Crippen LogP contribution in [0.15, 0.2) is 6.07 Å². The summed E-state index contributed by atoms with van der Waals surface area (Å²) in [6, 6.07) is 1.97. The Kier molecular flexibility index (Phi) is 3.25. The van der Waals surface area contributed by atoms with E-state index in [1.807, 2.05) is 26.8 Å². The lowest BCUT2D eigenvalue weighted by Crippen LogP contribution is -2.08. The van der Waals surface area contributed by atoms with Gasteiger partial charge in [0.25, 0.3) is 0 Å². The number of aliphatic hydroxyl groups excluding tert-OH is 1. The fourth-order valence-electron chi connectivity index (χ4n) is 2.51. The molecule has 0 spiro atoms. The van der Waals surface area contributed by atoms with E-state index in [9.17, 15) is 5.11 Å². The highest BCUT2D eigenvalue weighted by Gasteiger charge is 2.39. The van der Waals surface area contributed by atoms with E-state index in [4.69, 9.17) is 0 Å². The monoisotopic (exact) mass is 273 g/mol. The van der Waals surface area contributed by atoms with Crippen molar-refractivity contribution in [2.75, 3.05) is 6.61 Å². The van der Waals surface area contributed by atoms with E-state index in [0.717, 1.165) is 41.8 Å². The standard InChI is InChI=1S/C14H19N5O/c1-4-13-16-12(11-5-10(11)7-20)6-14(17-13)19-9(3)15-8(2)18-19/h6,10-11,20H,4-5,7H2,1-3H3/t10-,11+/m1/s1. The number of nitrogens with zero attached hydrogens (tertiary/aromatic N) is 5. The molecule has 6 heteroatoms. The third kappa shape index (κ3) is 2.31. The molecule has 2 aromatic rings. The van der Waals surface area contributed by atoms with Crippen LogP contribution >= 0.6 is 0 Å². The van der Waals surface area contributed by atoms with Gasteiger partial charge in [0, 0.05) is 30.7 Å². The lowest BCUT2D eigenvalue weighted by molar-refractivity contribution is 0.273. The number of aryl methyl sites for hydroxylation is 3. The van der Waals surface area contributed by atoms with Crippen LogP contribution in [0.4, 0.5) is 0 Å². The highest BCUT2D eigenvalue weighted by Crippen LogP contribution is 2.46. The maximum atomic E-state index is 9.23. The Balaban J connectivity index is 2.02. The molecule has 1 aliphatic rings. The van der Waals surface area contributed by atoms with Crippen LogP contribution in [0.2, 0.25) is 0 Å². The highest BCUT2D eigenvalue weighted by molar-refractivity contribution is 5.30. The van der Waals surface area contributed by atoms with Crippen LogP contribution in [0.1, 0.15) is 42.4 Å². The number of hydrogen-bond acceptors (Lipinski definition) is 5. The molecule has 2 heterocycles. The zero-order valence-corrected chi connectivity index (χ0v) is 12.0. The smallest absolute Gasteiger partial charge is 0.159 e. The molecule has 0 radical (unpaired) electrons. The minimum absolute atomic E-state index is 0.229. The summed E-state index contributed by atoms with van der Waals surface area (Å²) < 4.78 is 1.76. The summed E-state index contributed by atoms with van der Waals surface area (Å²) in [5, 5.41) is 13.6. The first kappa shape index (κ1) is 13.2. The first-order valence-electron chi connectivity index (χ1n) is 7.01. The molecule has 106 valence electrons. The molecule has 2 atom stereocenters. The molecule has 3 rings (SSSR count). The molecule has 0 amide bonds. The number of rotatable bonds is 4. The third-order valence-corrected chi connectivity index (χ3v) is 3.72. The van der Waals surface area contributed by atoms with Crippen LogP contribution in [0.25, 0.3) is 5.82 Å². The van der Waals surface area contributed by atoms with Gasteiger partial charge in [-0.3, -0.25) is 0 Å². The van der Waals surface area contributed by atoms with Crippen LogP contribution in [0.5, 0.6) is 0 Å². The molecule has 0 bridgehead atoms. The van der Waals surface area contributed by atoms with Crippen molar-refractivity contribution in [3.05, 3.63) is 29.2 Å². The third-order valence-electron chi connectivity index (χ3n) is 3.72. The number of aliphatic hydroxyl groups is 1. The first-order valence-corrected chi connectivity index (χ1v) is 7.01. The Morgan fingerprint density at radius 1 is 1.30 bits per heavy atom. The summed E-state index contributed by atoms with van der Waals surface area (Å²) in [7, 11) is 0. The van der Waals surface area contributed by atoms with Crippen LogP contribution in [-0.4, -0.2) is 36.4 Å². The number of aromatic nitrogens is 5. The summed E-state index contributed by atoms with van der Waals surface area (Å²) in [6.07, 6.45) is 1.79. The van der Waals surface area contributed by atoms with Crippen molar-refractivity contribution in [2.45, 2.75) is 39.5 Å². The van der Waals surface area contributed by atoms with Crippen molar-refractivity contribution in [1.29, 1.82) is 0 Å². The Morgan fingerprint density at radius 2 is 2.10 bits per heavy atom. The normalized spacial score (nSPS) is 21.2. The molecular formula is C14H19N5O. The van der Waals surface area contributed by atoms with Gasteiger partial charge in [0.15, 0.2) is 5.82 Å². The zero-order valence-electron chi connectivity index (χ0n) is 12.0. The molecule has 0 saturated heterocycles. The van der Waals surface area contributed by atoms with Crippen molar-refractivity contribution in [3.8, 4) is 5.82 Å². The molecule has 1 N–H and O–H groups in total. The van der Waals surface area contributed by atoms with Gasteiger partial charge in [-0.15, -0.1) is 5.10 Å². The lowest BCUT2D eigenvalue weighted by Gasteiger charge is -2.07. The van der Waals surface area contributed by atoms with E-state index in [1.54, 1.807) is 4.68 Å². The minimum Gasteiger partial charge on any atom is -0.396 e. The van der Waals surface area contributed by atoms with Crippen LogP contribution in [-0.2, 0) is 6.42 Å². The topological polar surface area (TPSA) is 76.7 Å². The summed E-state index contributed by atoms with van der Waals surface area (Å²) in [5.74, 6) is 3.85. The Bertz CT molecular complexity index is 636. The number of hydrogen-bond donors (Lipinski definition) is 1. The predicted molar refractivity (Wildman–Crippen MR) is 73.7 cm³/mol. The van der Waals surface area contributed by atoms with Gasteiger partial charge >= 0.3 is 0 Å². The molecule has 0 aliphatic heterocycles. The zero-order chi connectivity index (χ0) is 14.3. The van der Waals surface area contributed by atoms with E-state index in [2.05, 4.69) is 20.1 Å². The van der Waals surface area contributed by atoms with E-state index in [1.165, 1.54) is 0 Å². The van der Waals surface area contributed by atoms with Gasteiger partial charge in [-0.05, 0) is 26.2 Å². The van der Waals surface area contributed by atoms with E-state index in [0.29, 0.717) is 11.8 Å². The second-order valence-corrected chi connectivity index (χ2v) is 5.32. The van der Waals surface area contributed by atoms with Crippen LogP contribution in [0.3, 0.4) is 0 Å². The fraction of sp³-hybridized carbons (Fsp3) is 0.571. The lowest BCUT2D eigenvalue weighted by atomic mass is 10.2. The quantitative estimate of drug-likeness (QED) is 0.909. The molecule has 2 aromatic heterocycles. The largest absolute Gasteiger partial charge is 0.396 e. The fourth-order valence-corrected chi connectivity index (χ4v) is 2.51. The highest BCUT2D eigenvalue weighted by atomic mass is 16.3. The summed E-state index contributed by atoms with van der Waals surface area (Å²) in [4.78, 5) is 13.5. The minimum atomic E-state index is 0.229. The van der Waals surface area contributed by atoms with Gasteiger partial charge < -0.3 is 5.11 Å². The van der Waals surface area contributed by atoms with Crippen molar-refractivity contribution in [3.63, 3.8) is 0 Å². The van der Waals surface area contributed by atoms with Gasteiger partial charge in [0.1, 0.15) is 17.5 Å². The van der Waals surface area contributed by atoms with Gasteiger partial charge in [-0.25, -0.2) is 15.0 Å². The SMILES string of the molecule is CCc1nc([C@H]2C[C@@H]2CO)cc(-n2nc(C)nc2C)n1. The second-order valence-electron chi connectivity index (χ2n) is 5.32. The molecule has 0 unspecified atom stereocenters. The average Bonchev–Trinajstić information content (AvgIpc) is 3.16. The molecule has 6 nitrogen and oxygen atoms in total. The molecule has 20 heavy (non-hydrogen) atoms. The summed E-state index contributed by atoms with van der Waals surface area (Å²) in [6.45, 7) is 6.06. The first-order chi connectivity index (χ1) is 9.62. The van der Waals surface area contributed by atoms with E-state index >= 15 is 0 Å².